The number of sulfonamides is 1. The molecule has 0 bridgehead atoms. The number of rotatable bonds is 7. The molecule has 1 aliphatic carbocycles. The summed E-state index contributed by atoms with van der Waals surface area (Å²) < 4.78 is 30.8. The van der Waals surface area contributed by atoms with Crippen LogP contribution in [0, 0.1) is 17.2 Å². The van der Waals surface area contributed by atoms with Crippen molar-refractivity contribution in [3.05, 3.63) is 28.8 Å². The van der Waals surface area contributed by atoms with Crippen LogP contribution in [-0.4, -0.2) is 39.5 Å². The van der Waals surface area contributed by atoms with E-state index in [9.17, 15) is 23.3 Å². The van der Waals surface area contributed by atoms with E-state index in [0.717, 1.165) is 18.9 Å². The first-order valence-electron chi connectivity index (χ1n) is 7.75. The number of esters is 1. The van der Waals surface area contributed by atoms with E-state index in [1.54, 1.807) is 6.92 Å². The minimum absolute atomic E-state index is 0.0529. The average Bonchev–Trinajstić information content (AvgIpc) is 3.45. The van der Waals surface area contributed by atoms with E-state index in [1.807, 2.05) is 0 Å². The van der Waals surface area contributed by atoms with E-state index in [-0.39, 0.29) is 21.4 Å². The summed E-state index contributed by atoms with van der Waals surface area (Å²) in [5.74, 6) is -1.39. The zero-order valence-corrected chi connectivity index (χ0v) is 15.8. The average molecular weight is 400 g/mol. The number of nitrogens with one attached hydrogen (secondary N) is 2. The topological polar surface area (TPSA) is 125 Å². The van der Waals surface area contributed by atoms with Gasteiger partial charge in [0.25, 0.3) is 5.91 Å². The predicted molar refractivity (Wildman–Crippen MR) is 92.9 cm³/mol. The highest BCUT2D eigenvalue weighted by Gasteiger charge is 2.43. The summed E-state index contributed by atoms with van der Waals surface area (Å²) in [7, 11) is -2.64. The van der Waals surface area contributed by atoms with Gasteiger partial charge in [0.05, 0.1) is 16.7 Å². The van der Waals surface area contributed by atoms with Crippen molar-refractivity contribution in [1.29, 1.82) is 5.26 Å². The van der Waals surface area contributed by atoms with Crippen molar-refractivity contribution in [1.82, 2.24) is 10.0 Å². The zero-order chi connectivity index (χ0) is 19.5. The fourth-order valence-corrected chi connectivity index (χ4v) is 3.62. The number of carbonyl (C=O) groups excluding carboxylic acids is 2. The first kappa shape index (κ1) is 20.2. The number of halogens is 1. The molecule has 0 heterocycles. The van der Waals surface area contributed by atoms with Crippen LogP contribution < -0.4 is 10.0 Å². The highest BCUT2D eigenvalue weighted by molar-refractivity contribution is 7.89. The highest BCUT2D eigenvalue weighted by atomic mass is 35.5. The Morgan fingerprint density at radius 3 is 2.62 bits per heavy atom. The number of nitrogens with zero attached hydrogens (tertiary/aromatic N) is 1. The van der Waals surface area contributed by atoms with Crippen molar-refractivity contribution >= 4 is 33.5 Å². The van der Waals surface area contributed by atoms with Gasteiger partial charge in [-0.3, -0.25) is 4.79 Å². The van der Waals surface area contributed by atoms with Crippen LogP contribution >= 0.6 is 11.6 Å². The van der Waals surface area contributed by atoms with Crippen LogP contribution in [0.5, 0.6) is 0 Å². The molecule has 2 N–H and O–H groups in total. The van der Waals surface area contributed by atoms with Crippen LogP contribution in [0.15, 0.2) is 23.1 Å². The van der Waals surface area contributed by atoms with Gasteiger partial charge in [-0.15, -0.1) is 0 Å². The van der Waals surface area contributed by atoms with E-state index in [4.69, 9.17) is 16.3 Å². The quantitative estimate of drug-likeness (QED) is 0.664. The first-order valence-corrected chi connectivity index (χ1v) is 9.61. The number of nitriles is 1. The molecule has 1 saturated carbocycles. The second-order valence-corrected chi connectivity index (χ2v) is 8.33. The molecule has 0 saturated heterocycles. The van der Waals surface area contributed by atoms with Crippen molar-refractivity contribution in [3.63, 3.8) is 0 Å². The van der Waals surface area contributed by atoms with E-state index in [2.05, 4.69) is 16.1 Å². The number of hydrogen-bond donors (Lipinski definition) is 2. The lowest BCUT2D eigenvalue weighted by Gasteiger charge is -2.22. The maximum absolute atomic E-state index is 12.1. The normalized spacial score (nSPS) is 16.2. The minimum atomic E-state index is -3.85. The summed E-state index contributed by atoms with van der Waals surface area (Å²) in [4.78, 5) is 23.8. The summed E-state index contributed by atoms with van der Waals surface area (Å²) in [5, 5.41) is 11.7. The molecule has 8 nitrogen and oxygen atoms in total. The number of benzene rings is 1. The smallest absolute Gasteiger partial charge is 0.338 e. The first-order chi connectivity index (χ1) is 12.1. The Bertz CT molecular complexity index is 876. The van der Waals surface area contributed by atoms with Crippen LogP contribution in [0.4, 0.5) is 0 Å². The Kier molecular flexibility index (Phi) is 5.91. The maximum Gasteiger partial charge on any atom is 0.338 e. The summed E-state index contributed by atoms with van der Waals surface area (Å²) >= 11 is 5.85. The van der Waals surface area contributed by atoms with Crippen LogP contribution in [0.1, 0.15) is 30.1 Å². The molecule has 26 heavy (non-hydrogen) atoms. The van der Waals surface area contributed by atoms with Crippen LogP contribution in [0.3, 0.4) is 0 Å². The lowest BCUT2D eigenvalue weighted by atomic mass is 9.98. The fourth-order valence-electron chi connectivity index (χ4n) is 2.37. The van der Waals surface area contributed by atoms with E-state index in [0.29, 0.717) is 0 Å². The molecule has 0 spiro atoms. The van der Waals surface area contributed by atoms with Crippen molar-refractivity contribution in [3.8, 4) is 6.07 Å². The SMILES string of the molecule is CNS(=O)(=O)c1cc(C(=O)OCC(=O)N[C@@](C)(C#N)C2CC2)ccc1Cl. The Morgan fingerprint density at radius 2 is 2.08 bits per heavy atom. The predicted octanol–water partition coefficient (Wildman–Crippen LogP) is 1.21. The standard InChI is InChI=1S/C16H18ClN3O5S/c1-16(9-18,11-4-5-11)20-14(21)8-25-15(22)10-3-6-12(17)13(7-10)26(23,24)19-2/h3,6-7,11,19H,4-5,8H2,1-2H3,(H,20,21)/t16-/m0/s1. The lowest BCUT2D eigenvalue weighted by molar-refractivity contribution is -0.125. The van der Waals surface area contributed by atoms with E-state index in [1.165, 1.54) is 19.2 Å². The highest BCUT2D eigenvalue weighted by Crippen LogP contribution is 2.39. The van der Waals surface area contributed by atoms with Crippen molar-refractivity contribution in [2.75, 3.05) is 13.7 Å². The number of carbonyl (C=O) groups is 2. The van der Waals surface area contributed by atoms with Crippen LogP contribution in [0.2, 0.25) is 5.02 Å². The van der Waals surface area contributed by atoms with Gasteiger partial charge in [0.15, 0.2) is 6.61 Å². The molecule has 0 unspecified atom stereocenters. The molecule has 1 aromatic rings. The van der Waals surface area contributed by atoms with Gasteiger partial charge in [0, 0.05) is 0 Å². The molecule has 0 radical (unpaired) electrons. The van der Waals surface area contributed by atoms with Gasteiger partial charge in [-0.05, 0) is 50.9 Å². The van der Waals surface area contributed by atoms with Crippen molar-refractivity contribution in [2.45, 2.75) is 30.2 Å². The Hall–Kier alpha value is -2.15. The molecule has 1 fully saturated rings. The van der Waals surface area contributed by atoms with Crippen molar-refractivity contribution < 1.29 is 22.7 Å². The van der Waals surface area contributed by atoms with Gasteiger partial charge in [0.1, 0.15) is 10.4 Å². The second kappa shape index (κ2) is 7.61. The Balaban J connectivity index is 2.03. The Labute approximate surface area is 156 Å². The molecule has 140 valence electrons. The molecule has 1 amide bonds. The van der Waals surface area contributed by atoms with Gasteiger partial charge in [-0.1, -0.05) is 11.6 Å². The van der Waals surface area contributed by atoms with Gasteiger partial charge < -0.3 is 10.1 Å². The zero-order valence-electron chi connectivity index (χ0n) is 14.2. The number of amides is 1. The molecule has 0 aliphatic heterocycles. The largest absolute Gasteiger partial charge is 0.452 e. The third kappa shape index (κ3) is 4.52. The van der Waals surface area contributed by atoms with Gasteiger partial charge in [0.2, 0.25) is 10.0 Å². The molecular weight excluding hydrogens is 382 g/mol. The maximum atomic E-state index is 12.1. The van der Waals surface area contributed by atoms with Crippen LogP contribution in [-0.2, 0) is 19.6 Å². The summed E-state index contributed by atoms with van der Waals surface area (Å²) in [6, 6.07) is 5.68. The van der Waals surface area contributed by atoms with E-state index >= 15 is 0 Å². The van der Waals surface area contributed by atoms with Gasteiger partial charge in [-0.25, -0.2) is 17.9 Å². The summed E-state index contributed by atoms with van der Waals surface area (Å²) in [6.07, 6.45) is 1.72. The van der Waals surface area contributed by atoms with Crippen LogP contribution in [0.25, 0.3) is 0 Å². The molecule has 1 aliphatic rings. The molecular formula is C16H18ClN3O5S. The molecule has 10 heteroatoms. The third-order valence-corrected chi connectivity index (χ3v) is 5.98. The number of hydrogen-bond acceptors (Lipinski definition) is 6. The Morgan fingerprint density at radius 1 is 1.42 bits per heavy atom. The summed E-state index contributed by atoms with van der Waals surface area (Å²) in [6.45, 7) is 1.04. The molecule has 0 aromatic heterocycles. The third-order valence-electron chi connectivity index (χ3n) is 4.08. The fraction of sp³-hybridized carbons (Fsp3) is 0.438. The minimum Gasteiger partial charge on any atom is -0.452 e. The summed E-state index contributed by atoms with van der Waals surface area (Å²) in [5.41, 5.74) is -1.06. The second-order valence-electron chi connectivity index (χ2n) is 6.07. The van der Waals surface area contributed by atoms with Gasteiger partial charge >= 0.3 is 5.97 Å². The van der Waals surface area contributed by atoms with Gasteiger partial charge in [-0.2, -0.15) is 5.26 Å². The number of ether oxygens (including phenoxy) is 1. The monoisotopic (exact) mass is 399 g/mol. The van der Waals surface area contributed by atoms with Crippen molar-refractivity contribution in [2.24, 2.45) is 5.92 Å². The molecule has 1 atom stereocenters. The molecule has 2 rings (SSSR count). The molecule has 1 aromatic carbocycles. The lowest BCUT2D eigenvalue weighted by Crippen LogP contribution is -2.48. The van der Waals surface area contributed by atoms with E-state index < -0.39 is 34.0 Å².